The highest BCUT2D eigenvalue weighted by atomic mass is 79.9. The predicted octanol–water partition coefficient (Wildman–Crippen LogP) is 4.38. The third-order valence-electron chi connectivity index (χ3n) is 3.52. The third-order valence-corrected chi connectivity index (χ3v) is 3.95. The summed E-state index contributed by atoms with van der Waals surface area (Å²) in [7, 11) is 0. The molecule has 0 bridgehead atoms. The maximum absolute atomic E-state index is 13.9. The van der Waals surface area contributed by atoms with Gasteiger partial charge in [0.1, 0.15) is 5.82 Å². The lowest BCUT2D eigenvalue weighted by Crippen LogP contribution is -2.14. The molecule has 0 fully saturated rings. The summed E-state index contributed by atoms with van der Waals surface area (Å²) >= 11 is 3.40. The Morgan fingerprint density at radius 3 is 2.62 bits per heavy atom. The van der Waals surface area contributed by atoms with Gasteiger partial charge in [0.05, 0.1) is 0 Å². The molecule has 2 nitrogen and oxygen atoms in total. The normalized spacial score (nSPS) is 12.5. The number of hydrogen-bond acceptors (Lipinski definition) is 2. The summed E-state index contributed by atoms with van der Waals surface area (Å²) in [6, 6.07) is 12.5. The van der Waals surface area contributed by atoms with Crippen LogP contribution in [0.5, 0.6) is 0 Å². The van der Waals surface area contributed by atoms with E-state index in [1.54, 1.807) is 24.5 Å². The molecule has 106 valence electrons. The quantitative estimate of drug-likeness (QED) is 0.765. The molecule has 0 radical (unpaired) electrons. The highest BCUT2D eigenvalue weighted by Gasteiger charge is 2.13. The molecule has 0 saturated carbocycles. The summed E-state index contributed by atoms with van der Waals surface area (Å²) in [6.45, 7) is 0. The topological polar surface area (TPSA) is 38.9 Å². The minimum Gasteiger partial charge on any atom is -0.324 e. The van der Waals surface area contributed by atoms with Gasteiger partial charge in [0.2, 0.25) is 0 Å². The number of halogens is 2. The maximum atomic E-state index is 13.9. The molecule has 0 amide bonds. The molecule has 21 heavy (non-hydrogen) atoms. The lowest BCUT2D eigenvalue weighted by atomic mass is 9.95. The van der Waals surface area contributed by atoms with E-state index in [0.717, 1.165) is 21.0 Å². The fourth-order valence-corrected chi connectivity index (χ4v) is 2.95. The second kappa shape index (κ2) is 5.92. The molecule has 2 aromatic carbocycles. The summed E-state index contributed by atoms with van der Waals surface area (Å²) in [5, 5.41) is 1.48. The van der Waals surface area contributed by atoms with E-state index >= 15 is 0 Å². The highest BCUT2D eigenvalue weighted by molar-refractivity contribution is 9.10. The van der Waals surface area contributed by atoms with Crippen molar-refractivity contribution in [3.05, 3.63) is 76.3 Å². The summed E-state index contributed by atoms with van der Waals surface area (Å²) in [6.07, 6.45) is 4.20. The van der Waals surface area contributed by atoms with Gasteiger partial charge >= 0.3 is 0 Å². The van der Waals surface area contributed by atoms with Crippen LogP contribution in [0.4, 0.5) is 4.39 Å². The van der Waals surface area contributed by atoms with Gasteiger partial charge in [0.25, 0.3) is 0 Å². The lowest BCUT2D eigenvalue weighted by molar-refractivity contribution is 0.637. The van der Waals surface area contributed by atoms with Crippen molar-refractivity contribution in [2.24, 2.45) is 5.73 Å². The smallest absolute Gasteiger partial charge is 0.131 e. The third kappa shape index (κ3) is 2.96. The fourth-order valence-electron chi connectivity index (χ4n) is 2.54. The molecule has 0 aliphatic carbocycles. The van der Waals surface area contributed by atoms with Crippen LogP contribution in [0.3, 0.4) is 0 Å². The van der Waals surface area contributed by atoms with E-state index in [1.165, 1.54) is 6.07 Å². The van der Waals surface area contributed by atoms with Gasteiger partial charge in [0.15, 0.2) is 0 Å². The number of fused-ring (bicyclic) bond motifs is 1. The van der Waals surface area contributed by atoms with Gasteiger partial charge in [-0.1, -0.05) is 30.3 Å². The van der Waals surface area contributed by atoms with Crippen LogP contribution in [0.15, 0.2) is 59.3 Å². The van der Waals surface area contributed by atoms with Crippen molar-refractivity contribution >= 4 is 26.7 Å². The Kier molecular flexibility index (Phi) is 3.99. The second-order valence-corrected chi connectivity index (χ2v) is 5.92. The Morgan fingerprint density at radius 1 is 1.10 bits per heavy atom. The van der Waals surface area contributed by atoms with E-state index in [-0.39, 0.29) is 11.9 Å². The number of nitrogens with zero attached hydrogens (tertiary/aromatic N) is 1. The zero-order valence-electron chi connectivity index (χ0n) is 11.3. The number of pyridine rings is 1. The van der Waals surface area contributed by atoms with Crippen molar-refractivity contribution in [2.75, 3.05) is 0 Å². The monoisotopic (exact) mass is 344 g/mol. The first-order valence-electron chi connectivity index (χ1n) is 6.67. The zero-order chi connectivity index (χ0) is 14.8. The lowest BCUT2D eigenvalue weighted by Gasteiger charge is -2.15. The molecule has 0 spiro atoms. The molecule has 0 aliphatic rings. The zero-order valence-corrected chi connectivity index (χ0v) is 12.8. The molecule has 0 saturated heterocycles. The summed E-state index contributed by atoms with van der Waals surface area (Å²) in [4.78, 5) is 4.14. The molecule has 1 heterocycles. The minimum absolute atomic E-state index is 0.202. The van der Waals surface area contributed by atoms with Gasteiger partial charge in [-0.2, -0.15) is 0 Å². The van der Waals surface area contributed by atoms with Gasteiger partial charge in [0, 0.05) is 28.3 Å². The van der Waals surface area contributed by atoms with Gasteiger partial charge in [-0.15, -0.1) is 0 Å². The molecule has 1 unspecified atom stereocenters. The van der Waals surface area contributed by atoms with Gasteiger partial charge in [-0.3, -0.25) is 4.98 Å². The van der Waals surface area contributed by atoms with Crippen molar-refractivity contribution in [2.45, 2.75) is 12.5 Å². The molecular weight excluding hydrogens is 331 g/mol. The fraction of sp³-hybridized carbons (Fsp3) is 0.118. The SMILES string of the molecule is NC(Cc1cncc(Br)c1)c1ccc(F)c2ccccc12. The van der Waals surface area contributed by atoms with E-state index in [0.29, 0.717) is 11.8 Å². The number of hydrogen-bond donors (Lipinski definition) is 1. The van der Waals surface area contributed by atoms with Crippen LogP contribution in [0.25, 0.3) is 10.8 Å². The Hall–Kier alpha value is -1.78. The van der Waals surface area contributed by atoms with Crippen LogP contribution in [-0.4, -0.2) is 4.98 Å². The Labute approximate surface area is 130 Å². The van der Waals surface area contributed by atoms with Gasteiger partial charge in [-0.25, -0.2) is 4.39 Å². The molecule has 3 aromatic rings. The molecule has 2 N–H and O–H groups in total. The summed E-state index contributed by atoms with van der Waals surface area (Å²) < 4.78 is 14.8. The van der Waals surface area contributed by atoms with Crippen LogP contribution < -0.4 is 5.73 Å². The highest BCUT2D eigenvalue weighted by Crippen LogP contribution is 2.27. The molecular formula is C17H14BrFN2. The number of nitrogens with two attached hydrogens (primary N) is 1. The molecule has 4 heteroatoms. The van der Waals surface area contributed by atoms with Crippen molar-refractivity contribution < 1.29 is 4.39 Å². The van der Waals surface area contributed by atoms with E-state index in [4.69, 9.17) is 5.73 Å². The first-order valence-corrected chi connectivity index (χ1v) is 7.46. The summed E-state index contributed by atoms with van der Waals surface area (Å²) in [5.41, 5.74) is 8.33. The second-order valence-electron chi connectivity index (χ2n) is 5.00. The van der Waals surface area contributed by atoms with Gasteiger partial charge in [-0.05, 0) is 51.0 Å². The predicted molar refractivity (Wildman–Crippen MR) is 86.5 cm³/mol. The molecule has 0 aliphatic heterocycles. The van der Waals surface area contributed by atoms with Crippen molar-refractivity contribution in [1.82, 2.24) is 4.98 Å². The van der Waals surface area contributed by atoms with Crippen molar-refractivity contribution in [3.63, 3.8) is 0 Å². The van der Waals surface area contributed by atoms with Crippen molar-refractivity contribution in [3.8, 4) is 0 Å². The van der Waals surface area contributed by atoms with Gasteiger partial charge < -0.3 is 5.73 Å². The molecule has 1 aromatic heterocycles. The first kappa shape index (κ1) is 14.2. The largest absolute Gasteiger partial charge is 0.324 e. The van der Waals surface area contributed by atoms with Crippen molar-refractivity contribution in [1.29, 1.82) is 0 Å². The van der Waals surface area contributed by atoms with Crippen LogP contribution in [0, 0.1) is 5.82 Å². The summed E-state index contributed by atoms with van der Waals surface area (Å²) in [5.74, 6) is -0.217. The standard InChI is InChI=1S/C17H14BrFN2/c18-12-7-11(9-21-10-12)8-17(20)15-5-6-16(19)14-4-2-1-3-13(14)15/h1-7,9-10,17H,8,20H2. The van der Waals surface area contributed by atoms with E-state index < -0.39 is 0 Å². The Bertz CT molecular complexity index is 789. The Balaban J connectivity index is 1.98. The van der Waals surface area contributed by atoms with Crippen LogP contribution >= 0.6 is 15.9 Å². The first-order chi connectivity index (χ1) is 10.1. The van der Waals surface area contributed by atoms with Crippen LogP contribution in [0.2, 0.25) is 0 Å². The molecule has 3 rings (SSSR count). The minimum atomic E-state index is -0.217. The van der Waals surface area contributed by atoms with E-state index in [9.17, 15) is 4.39 Å². The van der Waals surface area contributed by atoms with Crippen LogP contribution in [0.1, 0.15) is 17.2 Å². The maximum Gasteiger partial charge on any atom is 0.131 e. The average molecular weight is 345 g/mol. The van der Waals surface area contributed by atoms with E-state index in [2.05, 4.69) is 20.9 Å². The van der Waals surface area contributed by atoms with E-state index in [1.807, 2.05) is 24.3 Å². The average Bonchev–Trinajstić information content (AvgIpc) is 2.48. The number of aromatic nitrogens is 1. The number of benzene rings is 2. The molecule has 1 atom stereocenters. The Morgan fingerprint density at radius 2 is 1.86 bits per heavy atom. The van der Waals surface area contributed by atoms with Crippen LogP contribution in [-0.2, 0) is 6.42 Å². The number of rotatable bonds is 3.